The van der Waals surface area contributed by atoms with Crippen LogP contribution in [0.4, 0.5) is 0 Å². The molecule has 0 aliphatic rings. The van der Waals surface area contributed by atoms with E-state index in [1.807, 2.05) is 6.92 Å². The molecule has 7 heavy (non-hydrogen) atoms. The first-order valence-electron chi connectivity index (χ1n) is 2.13. The molecule has 0 aromatic heterocycles. The summed E-state index contributed by atoms with van der Waals surface area (Å²) in [5, 5.41) is 9.13. The Labute approximate surface area is 52.2 Å². The van der Waals surface area contributed by atoms with Gasteiger partial charge in [0.25, 0.3) is 0 Å². The van der Waals surface area contributed by atoms with E-state index in [-0.39, 0.29) is 6.61 Å². The van der Waals surface area contributed by atoms with Gasteiger partial charge in [0.2, 0.25) is 0 Å². The number of aliphatic hydroxyl groups is 1. The van der Waals surface area contributed by atoms with Gasteiger partial charge < -0.3 is 5.11 Å². The largest absolute Gasteiger partial charge is 0.392 e. The Morgan fingerprint density at radius 2 is 2.43 bits per heavy atom. The first-order valence-corrected chi connectivity index (χ1v) is 3.26. The van der Waals surface area contributed by atoms with Gasteiger partial charge in [-0.3, -0.25) is 0 Å². The van der Waals surface area contributed by atoms with Gasteiger partial charge in [0.1, 0.15) is 0 Å². The van der Waals surface area contributed by atoms with Gasteiger partial charge in [-0.15, -0.1) is 0 Å². The lowest BCUT2D eigenvalue weighted by molar-refractivity contribution is 0.342. The lowest BCUT2D eigenvalue weighted by atomic mass is 10.3. The van der Waals surface area contributed by atoms with Gasteiger partial charge in [0.05, 0.1) is 6.61 Å². The molecular weight excluding hydrogens is 156 g/mol. The Morgan fingerprint density at radius 3 is 2.57 bits per heavy atom. The van der Waals surface area contributed by atoms with E-state index in [1.54, 1.807) is 6.08 Å². The smallest absolute Gasteiger partial charge is 0.0615 e. The SMILES string of the molecule is C/C(=C\CO)CBr. The summed E-state index contributed by atoms with van der Waals surface area (Å²) in [6, 6.07) is 0. The van der Waals surface area contributed by atoms with E-state index in [9.17, 15) is 0 Å². The van der Waals surface area contributed by atoms with Crippen molar-refractivity contribution in [1.82, 2.24) is 0 Å². The summed E-state index contributed by atoms with van der Waals surface area (Å²) in [5.74, 6) is 0. The zero-order valence-corrected chi connectivity index (χ0v) is 5.90. The summed E-state index contributed by atoms with van der Waals surface area (Å²) in [5.41, 5.74) is 1.17. The highest BCUT2D eigenvalue weighted by Crippen LogP contribution is 1.94. The van der Waals surface area contributed by atoms with Crippen molar-refractivity contribution in [3.8, 4) is 0 Å². The molecule has 42 valence electrons. The molecule has 0 heterocycles. The van der Waals surface area contributed by atoms with E-state index in [4.69, 9.17) is 5.11 Å². The van der Waals surface area contributed by atoms with Gasteiger partial charge in [0.15, 0.2) is 0 Å². The molecule has 0 aliphatic carbocycles. The molecule has 0 atom stereocenters. The lowest BCUT2D eigenvalue weighted by Gasteiger charge is -1.86. The number of halogens is 1. The van der Waals surface area contributed by atoms with E-state index in [0.29, 0.717) is 0 Å². The minimum atomic E-state index is 0.150. The molecule has 0 fully saturated rings. The third-order valence-corrected chi connectivity index (χ3v) is 1.54. The van der Waals surface area contributed by atoms with Gasteiger partial charge in [0, 0.05) is 5.33 Å². The molecule has 0 saturated heterocycles. The summed E-state index contributed by atoms with van der Waals surface area (Å²) < 4.78 is 0. The second kappa shape index (κ2) is 4.34. The van der Waals surface area contributed by atoms with Crippen LogP contribution >= 0.6 is 15.9 Å². The number of aliphatic hydroxyl groups excluding tert-OH is 1. The van der Waals surface area contributed by atoms with Crippen LogP contribution in [0, 0.1) is 0 Å². The normalized spacial score (nSPS) is 12.1. The van der Waals surface area contributed by atoms with Crippen molar-refractivity contribution < 1.29 is 5.11 Å². The zero-order valence-electron chi connectivity index (χ0n) is 4.32. The van der Waals surface area contributed by atoms with Crippen molar-refractivity contribution in [3.05, 3.63) is 11.6 Å². The van der Waals surface area contributed by atoms with Crippen LogP contribution in [0.1, 0.15) is 6.92 Å². The Morgan fingerprint density at radius 1 is 1.86 bits per heavy atom. The van der Waals surface area contributed by atoms with Crippen molar-refractivity contribution >= 4 is 15.9 Å². The van der Waals surface area contributed by atoms with E-state index >= 15 is 0 Å². The van der Waals surface area contributed by atoms with Crippen molar-refractivity contribution in [2.45, 2.75) is 6.92 Å². The molecule has 0 amide bonds. The molecule has 0 spiro atoms. The summed E-state index contributed by atoms with van der Waals surface area (Å²) in [4.78, 5) is 0. The molecule has 1 nitrogen and oxygen atoms in total. The summed E-state index contributed by atoms with van der Waals surface area (Å²) in [6.07, 6.45) is 1.77. The van der Waals surface area contributed by atoms with Crippen molar-refractivity contribution in [3.63, 3.8) is 0 Å². The van der Waals surface area contributed by atoms with Crippen LogP contribution < -0.4 is 0 Å². The van der Waals surface area contributed by atoms with Crippen molar-refractivity contribution in [2.24, 2.45) is 0 Å². The second-order valence-corrected chi connectivity index (χ2v) is 1.93. The third kappa shape index (κ3) is 4.02. The average Bonchev–Trinajstić information content (AvgIpc) is 1.68. The number of alkyl halides is 1. The number of hydrogen-bond acceptors (Lipinski definition) is 1. The molecule has 0 aromatic rings. The minimum Gasteiger partial charge on any atom is -0.392 e. The van der Waals surface area contributed by atoms with Crippen LogP contribution in [0.2, 0.25) is 0 Å². The van der Waals surface area contributed by atoms with Crippen molar-refractivity contribution in [1.29, 1.82) is 0 Å². The third-order valence-electron chi connectivity index (χ3n) is 0.651. The van der Waals surface area contributed by atoms with Crippen LogP contribution in [-0.2, 0) is 0 Å². The Bertz CT molecular complexity index is 68.5. The van der Waals surface area contributed by atoms with Crippen LogP contribution in [0.25, 0.3) is 0 Å². The highest BCUT2D eigenvalue weighted by Gasteiger charge is 1.78. The van der Waals surface area contributed by atoms with Gasteiger partial charge >= 0.3 is 0 Å². The predicted octanol–water partition coefficient (Wildman–Crippen LogP) is 1.32. The standard InChI is InChI=1S/C5H9BrO/c1-5(4-6)2-3-7/h2,7H,3-4H2,1H3/b5-2+. The van der Waals surface area contributed by atoms with Crippen LogP contribution in [0.3, 0.4) is 0 Å². The Hall–Kier alpha value is 0.180. The molecule has 1 N–H and O–H groups in total. The molecular formula is C5H9BrO. The quantitative estimate of drug-likeness (QED) is 0.483. The molecule has 0 aliphatic heterocycles. The molecule has 0 saturated carbocycles. The van der Waals surface area contributed by atoms with E-state index in [0.717, 1.165) is 5.33 Å². The molecule has 2 heteroatoms. The van der Waals surface area contributed by atoms with Gasteiger partial charge in [-0.2, -0.15) is 0 Å². The van der Waals surface area contributed by atoms with Gasteiger partial charge in [-0.25, -0.2) is 0 Å². The average molecular weight is 165 g/mol. The summed E-state index contributed by atoms with van der Waals surface area (Å²) in [7, 11) is 0. The lowest BCUT2D eigenvalue weighted by Crippen LogP contribution is -1.78. The van der Waals surface area contributed by atoms with Crippen LogP contribution in [0.5, 0.6) is 0 Å². The number of rotatable bonds is 2. The number of allylic oxidation sites excluding steroid dienone is 1. The van der Waals surface area contributed by atoms with E-state index in [1.165, 1.54) is 5.57 Å². The van der Waals surface area contributed by atoms with E-state index in [2.05, 4.69) is 15.9 Å². The maximum atomic E-state index is 8.27. The highest BCUT2D eigenvalue weighted by molar-refractivity contribution is 9.09. The predicted molar refractivity (Wildman–Crippen MR) is 34.6 cm³/mol. The van der Waals surface area contributed by atoms with Crippen LogP contribution in [-0.4, -0.2) is 17.0 Å². The monoisotopic (exact) mass is 164 g/mol. The summed E-state index contributed by atoms with van der Waals surface area (Å²) in [6.45, 7) is 2.11. The zero-order chi connectivity index (χ0) is 5.70. The van der Waals surface area contributed by atoms with E-state index < -0.39 is 0 Å². The minimum absolute atomic E-state index is 0.150. The van der Waals surface area contributed by atoms with Crippen LogP contribution in [0.15, 0.2) is 11.6 Å². The number of hydrogen-bond donors (Lipinski definition) is 1. The molecule has 0 unspecified atom stereocenters. The second-order valence-electron chi connectivity index (χ2n) is 1.37. The van der Waals surface area contributed by atoms with Crippen molar-refractivity contribution in [2.75, 3.05) is 11.9 Å². The highest BCUT2D eigenvalue weighted by atomic mass is 79.9. The maximum Gasteiger partial charge on any atom is 0.0615 e. The fourth-order valence-corrected chi connectivity index (χ4v) is 0.439. The first-order chi connectivity index (χ1) is 3.31. The topological polar surface area (TPSA) is 20.2 Å². The molecule has 0 rings (SSSR count). The fraction of sp³-hybridized carbons (Fsp3) is 0.600. The Balaban J connectivity index is 3.29. The maximum absolute atomic E-state index is 8.27. The first kappa shape index (κ1) is 7.18. The van der Waals surface area contributed by atoms with Gasteiger partial charge in [-0.1, -0.05) is 27.6 Å². The molecule has 0 bridgehead atoms. The molecule has 0 aromatic carbocycles. The molecule has 0 radical (unpaired) electrons. The fourth-order valence-electron chi connectivity index (χ4n) is 0.210. The van der Waals surface area contributed by atoms with Gasteiger partial charge in [-0.05, 0) is 6.92 Å². The Kier molecular flexibility index (Phi) is 4.45. The summed E-state index contributed by atoms with van der Waals surface area (Å²) >= 11 is 3.24.